The Labute approximate surface area is 169 Å². The van der Waals surface area contributed by atoms with Crippen molar-refractivity contribution >= 4 is 23.7 Å². The molecule has 0 aliphatic heterocycles. The van der Waals surface area contributed by atoms with E-state index >= 15 is 0 Å². The summed E-state index contributed by atoms with van der Waals surface area (Å²) < 4.78 is 0. The lowest BCUT2D eigenvalue weighted by molar-refractivity contribution is 0.0955. The van der Waals surface area contributed by atoms with Gasteiger partial charge in [0.15, 0.2) is 0 Å². The number of phenolic OH excluding ortho intramolecular Hbond substituents is 1. The highest BCUT2D eigenvalue weighted by Gasteiger charge is 2.24. The van der Waals surface area contributed by atoms with E-state index in [1.54, 1.807) is 6.21 Å². The number of rotatable bonds is 3. The molecule has 5 nitrogen and oxygen atoms in total. The van der Waals surface area contributed by atoms with E-state index in [0.29, 0.717) is 5.56 Å². The number of halogens is 1. The van der Waals surface area contributed by atoms with E-state index in [-0.39, 0.29) is 16.3 Å². The Balaban J connectivity index is 1.64. The van der Waals surface area contributed by atoms with Crippen LogP contribution in [0.4, 0.5) is 0 Å². The average molecular weight is 396 g/mol. The molecule has 0 unspecified atom stereocenters. The van der Waals surface area contributed by atoms with Gasteiger partial charge in [-0.25, -0.2) is 5.43 Å². The highest BCUT2D eigenvalue weighted by molar-refractivity contribution is 6.32. The Morgan fingerprint density at radius 1 is 1.21 bits per heavy atom. The third-order valence-corrected chi connectivity index (χ3v) is 4.98. The summed E-state index contributed by atoms with van der Waals surface area (Å²) >= 11 is 5.81. The van der Waals surface area contributed by atoms with Crippen LogP contribution >= 0.6 is 11.6 Å². The molecular formula is C22H22ClN3O2. The van der Waals surface area contributed by atoms with Gasteiger partial charge < -0.3 is 10.8 Å². The fourth-order valence-corrected chi connectivity index (χ4v) is 3.26. The number of amides is 1. The molecule has 0 saturated heterocycles. The van der Waals surface area contributed by atoms with Crippen molar-refractivity contribution in [1.29, 1.82) is 0 Å². The minimum absolute atomic E-state index is 0.0767. The molecule has 1 amide bonds. The van der Waals surface area contributed by atoms with Crippen LogP contribution in [0.25, 0.3) is 0 Å². The lowest BCUT2D eigenvalue weighted by Crippen LogP contribution is -2.40. The zero-order valence-electron chi connectivity index (χ0n) is 15.4. The highest BCUT2D eigenvalue weighted by atomic mass is 35.5. The van der Waals surface area contributed by atoms with Crippen LogP contribution in [0.2, 0.25) is 5.02 Å². The summed E-state index contributed by atoms with van der Waals surface area (Å²) in [5, 5.41) is 13.5. The third-order valence-electron chi connectivity index (χ3n) is 4.68. The molecule has 28 heavy (non-hydrogen) atoms. The minimum atomic E-state index is -0.420. The Kier molecular flexibility index (Phi) is 6.35. The van der Waals surface area contributed by atoms with Gasteiger partial charge in [-0.15, -0.1) is 0 Å². The van der Waals surface area contributed by atoms with E-state index in [4.69, 9.17) is 17.3 Å². The molecule has 0 aromatic heterocycles. The van der Waals surface area contributed by atoms with Crippen molar-refractivity contribution in [3.05, 3.63) is 64.2 Å². The topological polar surface area (TPSA) is 87.7 Å². The van der Waals surface area contributed by atoms with Crippen LogP contribution in [0.1, 0.15) is 53.6 Å². The van der Waals surface area contributed by atoms with Crippen molar-refractivity contribution in [3.63, 3.8) is 0 Å². The SMILES string of the molecule is NC1(C#Cc2cccc(/C=N/NC(=O)c3ccc(O)c(Cl)c3)c2)CCCCC1. The van der Waals surface area contributed by atoms with Crippen LogP contribution in [0.3, 0.4) is 0 Å². The number of phenols is 1. The predicted molar refractivity (Wildman–Crippen MR) is 112 cm³/mol. The quantitative estimate of drug-likeness (QED) is 0.419. The van der Waals surface area contributed by atoms with Gasteiger partial charge in [0.1, 0.15) is 5.75 Å². The van der Waals surface area contributed by atoms with Gasteiger partial charge in [-0.3, -0.25) is 4.79 Å². The molecule has 144 valence electrons. The van der Waals surface area contributed by atoms with Crippen molar-refractivity contribution in [3.8, 4) is 17.6 Å². The normalized spacial score (nSPS) is 15.6. The predicted octanol–water partition coefficient (Wildman–Crippen LogP) is 3.82. The number of carbonyl (C=O) groups excluding carboxylic acids is 1. The first kappa shape index (κ1) is 19.9. The number of nitrogens with zero attached hydrogens (tertiary/aromatic N) is 1. The van der Waals surface area contributed by atoms with Crippen molar-refractivity contribution in [2.45, 2.75) is 37.6 Å². The molecule has 0 spiro atoms. The van der Waals surface area contributed by atoms with Crippen molar-refractivity contribution in [2.75, 3.05) is 0 Å². The largest absolute Gasteiger partial charge is 0.506 e. The van der Waals surface area contributed by atoms with Crippen molar-refractivity contribution in [1.82, 2.24) is 5.43 Å². The first-order valence-electron chi connectivity index (χ1n) is 9.19. The van der Waals surface area contributed by atoms with Crippen molar-refractivity contribution < 1.29 is 9.90 Å². The molecule has 6 heteroatoms. The smallest absolute Gasteiger partial charge is 0.271 e. The molecule has 0 atom stereocenters. The van der Waals surface area contributed by atoms with E-state index in [0.717, 1.165) is 36.8 Å². The molecular weight excluding hydrogens is 374 g/mol. The van der Waals surface area contributed by atoms with Gasteiger partial charge in [-0.2, -0.15) is 5.10 Å². The monoisotopic (exact) mass is 395 g/mol. The van der Waals surface area contributed by atoms with Gasteiger partial charge in [0.05, 0.1) is 16.8 Å². The second-order valence-electron chi connectivity index (χ2n) is 6.96. The summed E-state index contributed by atoms with van der Waals surface area (Å²) in [6.45, 7) is 0. The second-order valence-corrected chi connectivity index (χ2v) is 7.36. The van der Waals surface area contributed by atoms with Gasteiger partial charge in [0.25, 0.3) is 5.91 Å². The molecule has 1 fully saturated rings. The van der Waals surface area contributed by atoms with Crippen LogP contribution in [-0.4, -0.2) is 22.8 Å². The van der Waals surface area contributed by atoms with Gasteiger partial charge in [-0.05, 0) is 48.7 Å². The number of hydrogen-bond donors (Lipinski definition) is 3. The summed E-state index contributed by atoms with van der Waals surface area (Å²) in [7, 11) is 0. The summed E-state index contributed by atoms with van der Waals surface area (Å²) in [6.07, 6.45) is 6.91. The van der Waals surface area contributed by atoms with E-state index in [1.165, 1.54) is 24.6 Å². The Hall–Kier alpha value is -2.81. The summed E-state index contributed by atoms with van der Waals surface area (Å²) in [5.41, 5.74) is 10.4. The van der Waals surface area contributed by atoms with Crippen molar-refractivity contribution in [2.24, 2.45) is 10.8 Å². The lowest BCUT2D eigenvalue weighted by atomic mass is 9.83. The molecule has 3 rings (SSSR count). The van der Waals surface area contributed by atoms with Crippen LogP contribution in [0, 0.1) is 11.8 Å². The Morgan fingerprint density at radius 2 is 2.00 bits per heavy atom. The fraction of sp³-hybridized carbons (Fsp3) is 0.273. The standard InChI is InChI=1S/C22H22ClN3O2/c23-19-14-18(7-8-20(19)27)21(28)26-25-15-17-6-4-5-16(13-17)9-12-22(24)10-2-1-3-11-22/h4-8,13-15,27H,1-3,10-11,24H2,(H,26,28)/b25-15+. The molecule has 0 heterocycles. The zero-order chi connectivity index (χ0) is 20.0. The van der Waals surface area contributed by atoms with E-state index in [9.17, 15) is 9.90 Å². The number of hydrazone groups is 1. The zero-order valence-corrected chi connectivity index (χ0v) is 16.2. The molecule has 1 aliphatic rings. The molecule has 0 radical (unpaired) electrons. The maximum atomic E-state index is 12.1. The maximum Gasteiger partial charge on any atom is 0.271 e. The van der Waals surface area contributed by atoms with Gasteiger partial charge >= 0.3 is 0 Å². The van der Waals surface area contributed by atoms with Crippen LogP contribution in [0.5, 0.6) is 5.75 Å². The number of aromatic hydroxyl groups is 1. The van der Waals surface area contributed by atoms with E-state index < -0.39 is 5.91 Å². The Bertz CT molecular complexity index is 954. The number of benzene rings is 2. The van der Waals surface area contributed by atoms with Gasteiger partial charge in [0, 0.05) is 11.1 Å². The van der Waals surface area contributed by atoms with Gasteiger partial charge in [-0.1, -0.05) is 54.8 Å². The maximum absolute atomic E-state index is 12.1. The van der Waals surface area contributed by atoms with Crippen LogP contribution in [0.15, 0.2) is 47.6 Å². The molecule has 0 bridgehead atoms. The second kappa shape index (κ2) is 8.92. The fourth-order valence-electron chi connectivity index (χ4n) is 3.08. The molecule has 1 aliphatic carbocycles. The van der Waals surface area contributed by atoms with Crippen LogP contribution < -0.4 is 11.2 Å². The lowest BCUT2D eigenvalue weighted by Gasteiger charge is -2.27. The summed E-state index contributed by atoms with van der Waals surface area (Å²) in [4.78, 5) is 12.1. The first-order valence-corrected chi connectivity index (χ1v) is 9.57. The first-order chi connectivity index (χ1) is 13.5. The number of nitrogens with one attached hydrogen (secondary N) is 1. The summed E-state index contributed by atoms with van der Waals surface area (Å²) in [6, 6.07) is 11.8. The minimum Gasteiger partial charge on any atom is -0.506 e. The molecule has 1 saturated carbocycles. The number of carbonyl (C=O) groups is 1. The average Bonchev–Trinajstić information content (AvgIpc) is 2.69. The third kappa shape index (κ3) is 5.35. The number of hydrogen-bond acceptors (Lipinski definition) is 4. The molecule has 4 N–H and O–H groups in total. The Morgan fingerprint density at radius 3 is 2.75 bits per heavy atom. The highest BCUT2D eigenvalue weighted by Crippen LogP contribution is 2.25. The van der Waals surface area contributed by atoms with E-state index in [2.05, 4.69) is 22.4 Å². The molecule has 2 aromatic rings. The van der Waals surface area contributed by atoms with Gasteiger partial charge in [0.2, 0.25) is 0 Å². The van der Waals surface area contributed by atoms with E-state index in [1.807, 2.05) is 24.3 Å². The summed E-state index contributed by atoms with van der Waals surface area (Å²) in [5.74, 6) is 5.90. The number of nitrogens with two attached hydrogens (primary N) is 1. The van der Waals surface area contributed by atoms with Crippen LogP contribution in [-0.2, 0) is 0 Å². The molecule has 2 aromatic carbocycles.